The molecule has 0 aliphatic heterocycles. The third-order valence-corrected chi connectivity index (χ3v) is 1.79. The van der Waals surface area contributed by atoms with Gasteiger partial charge in [-0.05, 0) is 30.8 Å². The molecular formula is C11H12ClN. The van der Waals surface area contributed by atoms with Crippen molar-refractivity contribution in [3.05, 3.63) is 34.9 Å². The molecule has 2 heteroatoms. The number of rotatable bonds is 2. The number of hydrogen-bond acceptors (Lipinski definition) is 1. The fraction of sp³-hybridized carbons (Fsp3) is 0.273. The molecule has 0 spiro atoms. The van der Waals surface area contributed by atoms with E-state index in [1.807, 2.05) is 24.3 Å². The molecule has 68 valence electrons. The standard InChI is InChI=1S/C11H12ClN/c1-2-13-9-3-4-10-5-7-11(12)8-6-10/h5-8,13H,2,9H2,1H3. The van der Waals surface area contributed by atoms with Gasteiger partial charge in [-0.15, -0.1) is 0 Å². The fourth-order valence-electron chi connectivity index (χ4n) is 0.867. The van der Waals surface area contributed by atoms with Crippen LogP contribution in [0, 0.1) is 11.8 Å². The zero-order valence-electron chi connectivity index (χ0n) is 7.60. The van der Waals surface area contributed by atoms with E-state index in [0.29, 0.717) is 0 Å². The van der Waals surface area contributed by atoms with Crippen molar-refractivity contribution in [2.45, 2.75) is 6.92 Å². The van der Waals surface area contributed by atoms with Gasteiger partial charge in [0, 0.05) is 10.6 Å². The van der Waals surface area contributed by atoms with E-state index in [4.69, 9.17) is 11.6 Å². The molecule has 1 aromatic rings. The van der Waals surface area contributed by atoms with E-state index in [9.17, 15) is 0 Å². The largest absolute Gasteiger partial charge is 0.306 e. The second kappa shape index (κ2) is 5.64. The Bertz CT molecular complexity index is 305. The summed E-state index contributed by atoms with van der Waals surface area (Å²) in [7, 11) is 0. The molecule has 0 radical (unpaired) electrons. The Hall–Kier alpha value is -0.970. The van der Waals surface area contributed by atoms with E-state index in [1.165, 1.54) is 0 Å². The van der Waals surface area contributed by atoms with Crippen molar-refractivity contribution >= 4 is 11.6 Å². The first-order valence-corrected chi connectivity index (χ1v) is 4.66. The highest BCUT2D eigenvalue weighted by Crippen LogP contribution is 2.07. The van der Waals surface area contributed by atoms with Crippen molar-refractivity contribution in [1.82, 2.24) is 5.32 Å². The molecule has 0 amide bonds. The fourth-order valence-corrected chi connectivity index (χ4v) is 0.993. The first-order chi connectivity index (χ1) is 6.33. The van der Waals surface area contributed by atoms with Crippen LogP contribution in [-0.2, 0) is 0 Å². The Morgan fingerprint density at radius 1 is 1.31 bits per heavy atom. The second-order valence-corrected chi connectivity index (χ2v) is 3.03. The Balaban J connectivity index is 2.52. The number of nitrogens with one attached hydrogen (secondary N) is 1. The molecule has 0 fully saturated rings. The Morgan fingerprint density at radius 3 is 2.62 bits per heavy atom. The van der Waals surface area contributed by atoms with Crippen molar-refractivity contribution in [2.75, 3.05) is 13.1 Å². The van der Waals surface area contributed by atoms with Gasteiger partial charge in [0.2, 0.25) is 0 Å². The van der Waals surface area contributed by atoms with Crippen LogP contribution in [0.2, 0.25) is 5.02 Å². The Labute approximate surface area is 84.1 Å². The van der Waals surface area contributed by atoms with Crippen molar-refractivity contribution in [2.24, 2.45) is 0 Å². The summed E-state index contributed by atoms with van der Waals surface area (Å²) in [5.41, 5.74) is 1.00. The van der Waals surface area contributed by atoms with Gasteiger partial charge < -0.3 is 5.32 Å². The number of halogens is 1. The molecule has 1 rings (SSSR count). The van der Waals surface area contributed by atoms with E-state index in [-0.39, 0.29) is 0 Å². The topological polar surface area (TPSA) is 12.0 Å². The minimum Gasteiger partial charge on any atom is -0.306 e. The molecule has 1 nitrogen and oxygen atoms in total. The van der Waals surface area contributed by atoms with Gasteiger partial charge in [0.05, 0.1) is 6.54 Å². The minimum atomic E-state index is 0.735. The molecule has 0 unspecified atom stereocenters. The van der Waals surface area contributed by atoms with Gasteiger partial charge in [0.1, 0.15) is 0 Å². The normalized spacial score (nSPS) is 9.08. The Kier molecular flexibility index (Phi) is 4.39. The molecule has 0 heterocycles. The lowest BCUT2D eigenvalue weighted by atomic mass is 10.2. The van der Waals surface area contributed by atoms with Gasteiger partial charge in [0.25, 0.3) is 0 Å². The summed E-state index contributed by atoms with van der Waals surface area (Å²) in [5, 5.41) is 3.88. The first-order valence-electron chi connectivity index (χ1n) is 4.28. The highest BCUT2D eigenvalue weighted by atomic mass is 35.5. The van der Waals surface area contributed by atoms with Crippen LogP contribution in [0.25, 0.3) is 0 Å². The smallest absolute Gasteiger partial charge is 0.0580 e. The summed E-state index contributed by atoms with van der Waals surface area (Å²) < 4.78 is 0. The summed E-state index contributed by atoms with van der Waals surface area (Å²) in [5.74, 6) is 6.05. The summed E-state index contributed by atoms with van der Waals surface area (Å²) in [6.07, 6.45) is 0. The van der Waals surface area contributed by atoms with Crippen LogP contribution in [0.4, 0.5) is 0 Å². The van der Waals surface area contributed by atoms with Crippen LogP contribution >= 0.6 is 11.6 Å². The first kappa shape index (κ1) is 10.1. The van der Waals surface area contributed by atoms with E-state index in [0.717, 1.165) is 23.7 Å². The Morgan fingerprint density at radius 2 is 2.00 bits per heavy atom. The summed E-state index contributed by atoms with van der Waals surface area (Å²) in [6.45, 7) is 3.75. The van der Waals surface area contributed by atoms with Crippen molar-refractivity contribution in [1.29, 1.82) is 0 Å². The van der Waals surface area contributed by atoms with Crippen LogP contribution in [0.3, 0.4) is 0 Å². The highest BCUT2D eigenvalue weighted by Gasteiger charge is 1.86. The highest BCUT2D eigenvalue weighted by molar-refractivity contribution is 6.30. The molecular weight excluding hydrogens is 182 g/mol. The molecule has 0 aliphatic carbocycles. The van der Waals surface area contributed by atoms with Crippen molar-refractivity contribution in [3.8, 4) is 11.8 Å². The zero-order chi connectivity index (χ0) is 9.52. The molecule has 1 N–H and O–H groups in total. The molecule has 0 atom stereocenters. The van der Waals surface area contributed by atoms with Gasteiger partial charge in [-0.2, -0.15) is 0 Å². The maximum Gasteiger partial charge on any atom is 0.0580 e. The lowest BCUT2D eigenvalue weighted by Gasteiger charge is -1.91. The van der Waals surface area contributed by atoms with Crippen LogP contribution in [0.15, 0.2) is 24.3 Å². The quantitative estimate of drug-likeness (QED) is 0.562. The van der Waals surface area contributed by atoms with Crippen LogP contribution in [-0.4, -0.2) is 13.1 Å². The minimum absolute atomic E-state index is 0.735. The lowest BCUT2D eigenvalue weighted by Crippen LogP contribution is -2.11. The monoisotopic (exact) mass is 193 g/mol. The van der Waals surface area contributed by atoms with Crippen LogP contribution < -0.4 is 5.32 Å². The van der Waals surface area contributed by atoms with Gasteiger partial charge >= 0.3 is 0 Å². The molecule has 0 bridgehead atoms. The van der Waals surface area contributed by atoms with Gasteiger partial charge in [-0.3, -0.25) is 0 Å². The molecule has 0 aliphatic rings. The maximum absolute atomic E-state index is 5.73. The predicted molar refractivity (Wildman–Crippen MR) is 56.9 cm³/mol. The third kappa shape index (κ3) is 3.98. The number of benzene rings is 1. The van der Waals surface area contributed by atoms with Crippen molar-refractivity contribution in [3.63, 3.8) is 0 Å². The summed E-state index contributed by atoms with van der Waals surface area (Å²) in [4.78, 5) is 0. The molecule has 0 saturated carbocycles. The molecule has 0 saturated heterocycles. The van der Waals surface area contributed by atoms with Gasteiger partial charge in [-0.25, -0.2) is 0 Å². The zero-order valence-corrected chi connectivity index (χ0v) is 8.36. The summed E-state index contributed by atoms with van der Waals surface area (Å²) in [6, 6.07) is 7.53. The van der Waals surface area contributed by atoms with E-state index in [1.54, 1.807) is 0 Å². The van der Waals surface area contributed by atoms with Crippen molar-refractivity contribution < 1.29 is 0 Å². The lowest BCUT2D eigenvalue weighted by molar-refractivity contribution is 0.811. The van der Waals surface area contributed by atoms with Crippen LogP contribution in [0.1, 0.15) is 12.5 Å². The SMILES string of the molecule is CCNCC#Cc1ccc(Cl)cc1. The van der Waals surface area contributed by atoms with Gasteiger partial charge in [0.15, 0.2) is 0 Å². The van der Waals surface area contributed by atoms with E-state index >= 15 is 0 Å². The van der Waals surface area contributed by atoms with E-state index in [2.05, 4.69) is 24.1 Å². The summed E-state index contributed by atoms with van der Waals surface area (Å²) >= 11 is 5.73. The van der Waals surface area contributed by atoms with Crippen LogP contribution in [0.5, 0.6) is 0 Å². The second-order valence-electron chi connectivity index (χ2n) is 2.59. The van der Waals surface area contributed by atoms with Gasteiger partial charge in [-0.1, -0.05) is 30.4 Å². The van der Waals surface area contributed by atoms with E-state index < -0.39 is 0 Å². The maximum atomic E-state index is 5.73. The molecule has 13 heavy (non-hydrogen) atoms. The molecule has 0 aromatic heterocycles. The number of hydrogen-bond donors (Lipinski definition) is 1. The average Bonchev–Trinajstić information content (AvgIpc) is 2.15. The predicted octanol–water partition coefficient (Wildman–Crippen LogP) is 2.30. The third-order valence-electron chi connectivity index (χ3n) is 1.54. The molecule has 1 aromatic carbocycles. The average molecular weight is 194 g/mol.